The van der Waals surface area contributed by atoms with E-state index < -0.39 is 17.8 Å². The van der Waals surface area contributed by atoms with Crippen LogP contribution in [0.1, 0.15) is 12.5 Å². The maximum Gasteiger partial charge on any atom is 0.336 e. The predicted octanol–water partition coefficient (Wildman–Crippen LogP) is 6.89. The van der Waals surface area contributed by atoms with Gasteiger partial charge in [-0.25, -0.2) is 9.69 Å². The molecule has 4 amide bonds. The van der Waals surface area contributed by atoms with Crippen LogP contribution in [0.15, 0.2) is 121 Å². The van der Waals surface area contributed by atoms with E-state index in [1.54, 1.807) is 30.3 Å². The number of ether oxygens (including phenoxy) is 2. The summed E-state index contributed by atoms with van der Waals surface area (Å²) in [7, 11) is 1.45. The molecule has 218 valence electrons. The van der Waals surface area contributed by atoms with Gasteiger partial charge in [0.2, 0.25) is 0 Å². The Balaban J connectivity index is 1.58. The first kappa shape index (κ1) is 28.2. The summed E-state index contributed by atoms with van der Waals surface area (Å²) in [6.45, 7) is 2.49. The Kier molecular flexibility index (Phi) is 7.80. The summed E-state index contributed by atoms with van der Waals surface area (Å²) in [5, 5.41) is 2.32. The molecule has 1 fully saturated rings. The minimum absolute atomic E-state index is 0.184. The van der Waals surface area contributed by atoms with Gasteiger partial charge in [-0.1, -0.05) is 72.8 Å². The fourth-order valence-corrected chi connectivity index (χ4v) is 5.33. The second-order valence-electron chi connectivity index (χ2n) is 9.96. The van der Waals surface area contributed by atoms with E-state index in [-0.39, 0.29) is 11.3 Å². The molecule has 8 nitrogen and oxygen atoms in total. The van der Waals surface area contributed by atoms with E-state index in [9.17, 15) is 14.4 Å². The van der Waals surface area contributed by atoms with Gasteiger partial charge in [0.05, 0.1) is 30.8 Å². The number of carbonyl (C=O) groups excluding carboxylic acids is 3. The molecule has 1 aromatic heterocycles. The molecule has 0 spiro atoms. The van der Waals surface area contributed by atoms with Crippen molar-refractivity contribution in [2.75, 3.05) is 18.6 Å². The molecule has 0 aliphatic carbocycles. The molecule has 0 bridgehead atoms. The molecule has 1 aliphatic rings. The van der Waals surface area contributed by atoms with Crippen LogP contribution in [0.5, 0.6) is 11.5 Å². The van der Waals surface area contributed by atoms with E-state index in [0.717, 1.165) is 38.9 Å². The molecule has 8 heteroatoms. The smallest absolute Gasteiger partial charge is 0.336 e. The van der Waals surface area contributed by atoms with Gasteiger partial charge in [0.25, 0.3) is 11.8 Å². The third-order valence-corrected chi connectivity index (χ3v) is 7.28. The van der Waals surface area contributed by atoms with E-state index in [1.807, 2.05) is 97.9 Å². The highest BCUT2D eigenvalue weighted by atomic mass is 16.5. The number of methoxy groups -OCH3 is 1. The number of amides is 4. The maximum atomic E-state index is 13.9. The molecule has 1 N–H and O–H groups in total. The Morgan fingerprint density at radius 1 is 0.773 bits per heavy atom. The molecule has 5 aromatic rings. The number of hydrogen-bond donors (Lipinski definition) is 1. The molecule has 2 heterocycles. The van der Waals surface area contributed by atoms with Crippen LogP contribution in [0.3, 0.4) is 0 Å². The Hall–Kier alpha value is -5.89. The van der Waals surface area contributed by atoms with Crippen molar-refractivity contribution in [3.63, 3.8) is 0 Å². The lowest BCUT2D eigenvalue weighted by atomic mass is 10.0. The first-order valence-electron chi connectivity index (χ1n) is 14.1. The third kappa shape index (κ3) is 5.25. The molecule has 1 saturated heterocycles. The molecule has 4 aromatic carbocycles. The largest absolute Gasteiger partial charge is 0.495 e. The minimum Gasteiger partial charge on any atom is -0.495 e. The van der Waals surface area contributed by atoms with Crippen LogP contribution in [0.2, 0.25) is 0 Å². The van der Waals surface area contributed by atoms with Crippen LogP contribution in [0.25, 0.3) is 34.3 Å². The van der Waals surface area contributed by atoms with Crippen LogP contribution in [-0.4, -0.2) is 36.1 Å². The second kappa shape index (κ2) is 12.1. The Morgan fingerprint density at radius 2 is 1.41 bits per heavy atom. The number of carbonyl (C=O) groups is 3. The number of rotatable bonds is 8. The number of imide groups is 2. The van der Waals surface area contributed by atoms with E-state index in [1.165, 1.54) is 7.11 Å². The number of anilines is 1. The molecule has 0 atom stereocenters. The standard InChI is InChI=1S/C36H29N3O5/c1-3-44-28-20-18-27(19-21-28)38-31(24-12-6-4-7-13-24)23-26(33(38)25-14-8-5-9-15-25)22-29-34(40)37-36(42)39(35(29)41)30-16-10-11-17-32(30)43-2/h4-23H,3H2,1-2H3,(H,37,40,42)/b29-22-. The Labute approximate surface area is 254 Å². The van der Waals surface area contributed by atoms with Gasteiger partial charge < -0.3 is 14.0 Å². The topological polar surface area (TPSA) is 89.9 Å². The van der Waals surface area contributed by atoms with Gasteiger partial charge in [-0.2, -0.15) is 0 Å². The number of aromatic nitrogens is 1. The fourth-order valence-electron chi connectivity index (χ4n) is 5.33. The van der Waals surface area contributed by atoms with Crippen LogP contribution in [-0.2, 0) is 9.59 Å². The molecule has 44 heavy (non-hydrogen) atoms. The Bertz CT molecular complexity index is 1880. The summed E-state index contributed by atoms with van der Waals surface area (Å²) >= 11 is 0. The van der Waals surface area contributed by atoms with Gasteiger partial charge in [0, 0.05) is 11.3 Å². The molecular formula is C36H29N3O5. The zero-order chi connectivity index (χ0) is 30.6. The van der Waals surface area contributed by atoms with Crippen molar-refractivity contribution in [2.24, 2.45) is 0 Å². The monoisotopic (exact) mass is 583 g/mol. The van der Waals surface area contributed by atoms with E-state index >= 15 is 0 Å². The van der Waals surface area contributed by atoms with E-state index in [0.29, 0.717) is 17.9 Å². The number of para-hydroxylation sites is 2. The van der Waals surface area contributed by atoms with Gasteiger partial charge in [-0.05, 0) is 66.6 Å². The number of urea groups is 1. The average Bonchev–Trinajstić information content (AvgIpc) is 3.43. The summed E-state index contributed by atoms with van der Waals surface area (Å²) in [5.74, 6) is -0.459. The SMILES string of the molecule is CCOc1ccc(-n2c(-c3ccccc3)cc(/C=C3/C(=O)NC(=O)N(c4ccccc4OC)C3=O)c2-c2ccccc2)cc1. The van der Waals surface area contributed by atoms with Gasteiger partial charge in [0.1, 0.15) is 17.1 Å². The first-order valence-corrected chi connectivity index (χ1v) is 14.1. The average molecular weight is 584 g/mol. The number of nitrogens with one attached hydrogen (secondary N) is 1. The third-order valence-electron chi connectivity index (χ3n) is 7.28. The zero-order valence-corrected chi connectivity index (χ0v) is 24.2. The lowest BCUT2D eigenvalue weighted by Crippen LogP contribution is -2.54. The Morgan fingerprint density at radius 3 is 2.07 bits per heavy atom. The summed E-state index contributed by atoms with van der Waals surface area (Å²) in [6, 6.07) is 35.2. The molecule has 0 radical (unpaired) electrons. The van der Waals surface area contributed by atoms with Crippen molar-refractivity contribution in [1.29, 1.82) is 0 Å². The zero-order valence-electron chi connectivity index (χ0n) is 24.2. The van der Waals surface area contributed by atoms with Crippen LogP contribution >= 0.6 is 0 Å². The van der Waals surface area contributed by atoms with E-state index in [2.05, 4.69) is 9.88 Å². The van der Waals surface area contributed by atoms with Crippen molar-refractivity contribution in [2.45, 2.75) is 6.92 Å². The summed E-state index contributed by atoms with van der Waals surface area (Å²) < 4.78 is 13.2. The van der Waals surface area contributed by atoms with E-state index in [4.69, 9.17) is 9.47 Å². The van der Waals surface area contributed by atoms with Crippen LogP contribution in [0, 0.1) is 0 Å². The fraction of sp³-hybridized carbons (Fsp3) is 0.0833. The minimum atomic E-state index is -0.845. The highest BCUT2D eigenvalue weighted by molar-refractivity contribution is 6.39. The number of benzene rings is 4. The van der Waals surface area contributed by atoms with Gasteiger partial charge in [-0.15, -0.1) is 0 Å². The summed E-state index contributed by atoms with van der Waals surface area (Å²) in [5.41, 5.74) is 4.96. The van der Waals surface area contributed by atoms with Crippen molar-refractivity contribution in [1.82, 2.24) is 9.88 Å². The number of nitrogens with zero attached hydrogens (tertiary/aromatic N) is 2. The molecular weight excluding hydrogens is 554 g/mol. The lowest BCUT2D eigenvalue weighted by molar-refractivity contribution is -0.122. The quantitative estimate of drug-likeness (QED) is 0.159. The highest BCUT2D eigenvalue weighted by Crippen LogP contribution is 2.38. The number of barbiturate groups is 1. The molecule has 0 saturated carbocycles. The first-order chi connectivity index (χ1) is 21.5. The van der Waals surface area contributed by atoms with Gasteiger partial charge in [0.15, 0.2) is 0 Å². The predicted molar refractivity (Wildman–Crippen MR) is 170 cm³/mol. The highest BCUT2D eigenvalue weighted by Gasteiger charge is 2.38. The van der Waals surface area contributed by atoms with Crippen molar-refractivity contribution < 1.29 is 23.9 Å². The molecule has 0 unspecified atom stereocenters. The van der Waals surface area contributed by atoms with Crippen LogP contribution in [0.4, 0.5) is 10.5 Å². The normalized spacial score (nSPS) is 14.1. The van der Waals surface area contributed by atoms with Gasteiger partial charge >= 0.3 is 6.03 Å². The summed E-state index contributed by atoms with van der Waals surface area (Å²) in [4.78, 5) is 41.0. The van der Waals surface area contributed by atoms with Gasteiger partial charge in [-0.3, -0.25) is 14.9 Å². The van der Waals surface area contributed by atoms with Crippen molar-refractivity contribution in [3.8, 4) is 39.7 Å². The number of hydrogen-bond acceptors (Lipinski definition) is 5. The molecule has 6 rings (SSSR count). The lowest BCUT2D eigenvalue weighted by Gasteiger charge is -2.27. The maximum absolute atomic E-state index is 13.9. The molecule has 1 aliphatic heterocycles. The van der Waals surface area contributed by atoms with Crippen molar-refractivity contribution in [3.05, 3.63) is 126 Å². The van der Waals surface area contributed by atoms with Crippen molar-refractivity contribution >= 4 is 29.6 Å². The summed E-state index contributed by atoms with van der Waals surface area (Å²) in [6.07, 6.45) is 1.55. The van der Waals surface area contributed by atoms with Crippen LogP contribution < -0.4 is 19.7 Å². The second-order valence-corrected chi connectivity index (χ2v) is 9.96.